The maximum Gasteiger partial charge on any atom is 0.339 e. The van der Waals surface area contributed by atoms with Crippen molar-refractivity contribution in [2.75, 3.05) is 14.2 Å². The molecule has 0 aliphatic rings. The number of halogens is 4. The van der Waals surface area contributed by atoms with Crippen LogP contribution < -0.4 is 20.6 Å². The zero-order valence-electron chi connectivity index (χ0n) is 23.6. The second kappa shape index (κ2) is 16.6. The molecule has 9 nitrogen and oxygen atoms in total. The summed E-state index contributed by atoms with van der Waals surface area (Å²) < 4.78 is 22.8. The lowest BCUT2D eigenvalue weighted by Gasteiger charge is -2.12. The van der Waals surface area contributed by atoms with E-state index in [0.29, 0.717) is 25.1 Å². The van der Waals surface area contributed by atoms with Crippen molar-refractivity contribution < 1.29 is 23.9 Å². The number of aromatic hydroxyl groups is 1. The summed E-state index contributed by atoms with van der Waals surface area (Å²) >= 11 is 19.7. The average Bonchev–Trinajstić information content (AvgIpc) is 2.93. The molecular weight excluding hydrogens is 661 g/mol. The average molecular weight is 690 g/mol. The van der Waals surface area contributed by atoms with Crippen LogP contribution >= 0.6 is 50.5 Å². The van der Waals surface area contributed by atoms with E-state index in [9.17, 15) is 24.1 Å². The Labute approximate surface area is 267 Å². The molecule has 230 valence electrons. The molecule has 0 amide bonds. The summed E-state index contributed by atoms with van der Waals surface area (Å²) in [5.74, 6) is 1.54. The molecule has 1 N–H and O–H groups in total. The first kappa shape index (κ1) is 36.0. The van der Waals surface area contributed by atoms with Crippen LogP contribution in [0.15, 0.2) is 76.3 Å². The molecular formula is C29H29Cl4N2O7P. The van der Waals surface area contributed by atoms with E-state index in [-0.39, 0.29) is 27.5 Å². The minimum Gasteiger partial charge on any atom is -0.508 e. The van der Waals surface area contributed by atoms with Crippen LogP contribution in [0.1, 0.15) is 32.9 Å². The maximum absolute atomic E-state index is 12.2. The van der Waals surface area contributed by atoms with Gasteiger partial charge in [-0.3, -0.25) is 18.9 Å². The van der Waals surface area contributed by atoms with Gasteiger partial charge in [0.05, 0.1) is 37.9 Å². The predicted octanol–water partition coefficient (Wildman–Crippen LogP) is 7.41. The topological polar surface area (TPSA) is 117 Å². The number of aryl methyl sites for hydroxylation is 2. The van der Waals surface area contributed by atoms with E-state index in [1.165, 1.54) is 10.6 Å². The first-order valence-corrected chi connectivity index (χ1v) is 17.2. The van der Waals surface area contributed by atoms with Crippen LogP contribution in [-0.4, -0.2) is 34.7 Å². The molecule has 0 saturated carbocycles. The second-order valence-corrected chi connectivity index (χ2v) is 16.0. The highest BCUT2D eigenvalue weighted by Crippen LogP contribution is 2.61. The Morgan fingerprint density at radius 3 is 1.60 bits per heavy atom. The van der Waals surface area contributed by atoms with E-state index in [1.807, 2.05) is 48.5 Å². The van der Waals surface area contributed by atoms with Crippen LogP contribution in [0.25, 0.3) is 0 Å². The first-order chi connectivity index (χ1) is 20.2. The number of benzene rings is 2. The summed E-state index contributed by atoms with van der Waals surface area (Å²) in [6, 6.07) is 19.4. The van der Waals surface area contributed by atoms with Crippen molar-refractivity contribution in [3.63, 3.8) is 0 Å². The fourth-order valence-electron chi connectivity index (χ4n) is 3.79. The highest BCUT2D eigenvalue weighted by atomic mass is 36.0. The van der Waals surface area contributed by atoms with Gasteiger partial charge in [-0.15, -0.1) is 0 Å². The van der Waals surface area contributed by atoms with Crippen LogP contribution in [-0.2, 0) is 17.7 Å². The number of methoxy groups -OCH3 is 2. The van der Waals surface area contributed by atoms with E-state index in [4.69, 9.17) is 21.1 Å². The van der Waals surface area contributed by atoms with E-state index in [2.05, 4.69) is 33.7 Å². The number of aromatic nitrogens is 2. The Hall–Kier alpha value is -3.20. The molecule has 0 aliphatic heterocycles. The Kier molecular flexibility index (Phi) is 13.9. The van der Waals surface area contributed by atoms with Crippen molar-refractivity contribution in [3.8, 4) is 17.2 Å². The van der Waals surface area contributed by atoms with E-state index < -0.39 is 5.20 Å². The lowest BCUT2D eigenvalue weighted by molar-refractivity contribution is 0.112. The zero-order valence-corrected chi connectivity index (χ0v) is 27.5. The Morgan fingerprint density at radius 1 is 0.791 bits per heavy atom. The smallest absolute Gasteiger partial charge is 0.339 e. The Balaban J connectivity index is 0.000000261. The molecule has 2 heterocycles. The van der Waals surface area contributed by atoms with Crippen molar-refractivity contribution in [1.29, 1.82) is 0 Å². The van der Waals surface area contributed by atoms with Crippen LogP contribution in [0.4, 0.5) is 0 Å². The summed E-state index contributed by atoms with van der Waals surface area (Å²) in [5.41, 5.74) is 2.80. The minimum absolute atomic E-state index is 0.00322. The summed E-state index contributed by atoms with van der Waals surface area (Å²) in [6.45, 7) is 4.44. The fourth-order valence-corrected chi connectivity index (χ4v) is 4.07. The van der Waals surface area contributed by atoms with Gasteiger partial charge in [-0.25, -0.2) is 0 Å². The molecule has 2 aromatic carbocycles. The molecule has 2 aromatic heterocycles. The van der Waals surface area contributed by atoms with Gasteiger partial charge in [0.2, 0.25) is 0 Å². The van der Waals surface area contributed by atoms with E-state index in [0.717, 1.165) is 28.3 Å². The standard InChI is InChI=1S/C15H14ClNO3.C14H15NO3.Cl3OP/c1-10-7-14(16)13(9-18)15(19)17(10)8-11-3-5-12(20-2)6-4-11;1-10-7-12(16)8-14(17)15(10)9-11-3-5-13(18-2)6-4-11;1-5(2,3)4/h3-7,9H,8H2,1-2H3;3-8,16H,9H2,1-2H3;. The molecule has 0 radical (unpaired) electrons. The second-order valence-electron chi connectivity index (χ2n) is 8.93. The summed E-state index contributed by atoms with van der Waals surface area (Å²) in [6.07, 6.45) is 0.495. The number of rotatable bonds is 7. The number of aldehydes is 1. The molecule has 4 aromatic rings. The Bertz CT molecular complexity index is 1690. The van der Waals surface area contributed by atoms with Gasteiger partial charge in [0, 0.05) is 17.5 Å². The molecule has 0 atom stereocenters. The number of carbonyl (C=O) groups excluding carboxylic acids is 1. The van der Waals surface area contributed by atoms with Gasteiger partial charge in [-0.1, -0.05) is 35.9 Å². The summed E-state index contributed by atoms with van der Waals surface area (Å²) in [5, 5.41) is 6.29. The number of nitrogens with zero attached hydrogens (tertiary/aromatic N) is 2. The molecule has 0 aliphatic carbocycles. The number of hydrogen-bond acceptors (Lipinski definition) is 7. The fraction of sp³-hybridized carbons (Fsp3) is 0.207. The SMILES string of the molecule is COc1ccc(Cn2c(C)cc(Cl)c(C=O)c2=O)cc1.COc1ccc(Cn2c(C)cc(O)cc2=O)cc1.O=P(Cl)(Cl)Cl. The molecule has 43 heavy (non-hydrogen) atoms. The van der Waals surface area contributed by atoms with Gasteiger partial charge in [0.1, 0.15) is 17.2 Å². The van der Waals surface area contributed by atoms with Crippen LogP contribution in [0.5, 0.6) is 17.2 Å². The largest absolute Gasteiger partial charge is 0.508 e. The summed E-state index contributed by atoms with van der Waals surface area (Å²) in [7, 11) is 3.21. The molecule has 0 spiro atoms. The van der Waals surface area contributed by atoms with Gasteiger partial charge < -0.3 is 23.7 Å². The normalized spacial score (nSPS) is 10.5. The lowest BCUT2D eigenvalue weighted by atomic mass is 10.2. The third-order valence-electron chi connectivity index (χ3n) is 5.93. The molecule has 0 bridgehead atoms. The number of carbonyl (C=O) groups is 1. The number of hydrogen-bond donors (Lipinski definition) is 1. The highest BCUT2D eigenvalue weighted by Gasteiger charge is 2.11. The van der Waals surface area contributed by atoms with Crippen molar-refractivity contribution >= 4 is 56.8 Å². The summed E-state index contributed by atoms with van der Waals surface area (Å²) in [4.78, 5) is 34.9. The molecule has 14 heteroatoms. The third kappa shape index (κ3) is 11.8. The van der Waals surface area contributed by atoms with Crippen LogP contribution in [0.3, 0.4) is 0 Å². The van der Waals surface area contributed by atoms with Gasteiger partial charge in [-0.2, -0.15) is 0 Å². The molecule has 0 unspecified atom stereocenters. The Morgan fingerprint density at radius 2 is 1.21 bits per heavy atom. The van der Waals surface area contributed by atoms with Crippen molar-refractivity contribution in [2.24, 2.45) is 0 Å². The van der Waals surface area contributed by atoms with Crippen molar-refractivity contribution in [2.45, 2.75) is 26.9 Å². The van der Waals surface area contributed by atoms with Gasteiger partial charge in [0.15, 0.2) is 6.29 Å². The maximum atomic E-state index is 12.2. The van der Waals surface area contributed by atoms with E-state index in [1.54, 1.807) is 44.8 Å². The molecule has 0 saturated heterocycles. The minimum atomic E-state index is -3.22. The predicted molar refractivity (Wildman–Crippen MR) is 172 cm³/mol. The van der Waals surface area contributed by atoms with Crippen LogP contribution in [0.2, 0.25) is 5.02 Å². The quantitative estimate of drug-likeness (QED) is 0.159. The number of pyridine rings is 2. The van der Waals surface area contributed by atoms with Crippen LogP contribution in [0, 0.1) is 13.8 Å². The monoisotopic (exact) mass is 688 g/mol. The molecule has 0 fully saturated rings. The van der Waals surface area contributed by atoms with Gasteiger partial charge in [-0.05, 0) is 95.1 Å². The van der Waals surface area contributed by atoms with Crippen molar-refractivity contribution in [3.05, 3.63) is 121 Å². The number of ether oxygens (including phenoxy) is 2. The molecule has 4 rings (SSSR count). The third-order valence-corrected chi connectivity index (χ3v) is 6.24. The first-order valence-electron chi connectivity index (χ1n) is 12.4. The van der Waals surface area contributed by atoms with Crippen molar-refractivity contribution in [1.82, 2.24) is 9.13 Å². The van der Waals surface area contributed by atoms with E-state index >= 15 is 0 Å². The highest BCUT2D eigenvalue weighted by molar-refractivity contribution is 8.24. The van der Waals surface area contributed by atoms with Gasteiger partial charge in [0.25, 0.3) is 11.1 Å². The van der Waals surface area contributed by atoms with Gasteiger partial charge >= 0.3 is 5.20 Å². The lowest BCUT2D eigenvalue weighted by Crippen LogP contribution is -2.26. The zero-order chi connectivity index (χ0) is 32.3.